The summed E-state index contributed by atoms with van der Waals surface area (Å²) in [7, 11) is 0. The van der Waals surface area contributed by atoms with Gasteiger partial charge in [-0.15, -0.1) is 23.1 Å². The average molecular weight is 412 g/mol. The molecule has 128 valence electrons. The van der Waals surface area contributed by atoms with Crippen molar-refractivity contribution in [3.8, 4) is 0 Å². The number of thiophene rings is 1. The number of anilines is 1. The van der Waals surface area contributed by atoms with E-state index < -0.39 is 0 Å². The van der Waals surface area contributed by atoms with Crippen LogP contribution in [0.3, 0.4) is 0 Å². The topological polar surface area (TPSA) is 29.1 Å². The van der Waals surface area contributed by atoms with E-state index in [4.69, 9.17) is 23.2 Å². The molecular formula is C18H12Cl2FNOS2. The third-order valence-electron chi connectivity index (χ3n) is 3.34. The van der Waals surface area contributed by atoms with Crippen LogP contribution in [0.25, 0.3) is 0 Å². The molecule has 0 aliphatic heterocycles. The van der Waals surface area contributed by atoms with Crippen LogP contribution in [0.1, 0.15) is 15.2 Å². The second kappa shape index (κ2) is 8.23. The summed E-state index contributed by atoms with van der Waals surface area (Å²) in [6, 6.07) is 12.9. The number of hydrogen-bond donors (Lipinski definition) is 1. The summed E-state index contributed by atoms with van der Waals surface area (Å²) in [5.41, 5.74) is 1.50. The molecule has 7 heteroatoms. The average Bonchev–Trinajstić information content (AvgIpc) is 3.05. The summed E-state index contributed by atoms with van der Waals surface area (Å²) in [4.78, 5) is 13.9. The Morgan fingerprint density at radius 1 is 1.12 bits per heavy atom. The number of thioether (sulfide) groups is 1. The standard InChI is InChI=1S/C18H12Cl2FNOS2/c19-12-2-1-11(15(20)9-12)10-25-16-7-8-24-17(16)18(23)22-14-5-3-13(21)4-6-14/h1-9H,10H2,(H,22,23). The summed E-state index contributed by atoms with van der Waals surface area (Å²) >= 11 is 15.0. The quantitative estimate of drug-likeness (QED) is 0.470. The Morgan fingerprint density at radius 2 is 1.88 bits per heavy atom. The van der Waals surface area contributed by atoms with Crippen LogP contribution >= 0.6 is 46.3 Å². The lowest BCUT2D eigenvalue weighted by Gasteiger charge is -2.07. The van der Waals surface area contributed by atoms with Crippen LogP contribution in [0.15, 0.2) is 58.8 Å². The molecule has 25 heavy (non-hydrogen) atoms. The Kier molecular flexibility index (Phi) is 6.02. The van der Waals surface area contributed by atoms with Crippen LogP contribution in [0.2, 0.25) is 10.0 Å². The fourth-order valence-corrected chi connectivity index (χ4v) is 4.69. The van der Waals surface area contributed by atoms with E-state index in [9.17, 15) is 9.18 Å². The van der Waals surface area contributed by atoms with Gasteiger partial charge in [0, 0.05) is 26.4 Å². The summed E-state index contributed by atoms with van der Waals surface area (Å²) in [6.45, 7) is 0. The van der Waals surface area contributed by atoms with Crippen molar-refractivity contribution >= 4 is 57.9 Å². The van der Waals surface area contributed by atoms with Gasteiger partial charge in [-0.25, -0.2) is 4.39 Å². The molecule has 0 spiro atoms. The van der Waals surface area contributed by atoms with Gasteiger partial charge in [0.05, 0.1) is 0 Å². The second-order valence-corrected chi connectivity index (χ2v) is 7.88. The third kappa shape index (κ3) is 4.76. The molecule has 0 saturated heterocycles. The van der Waals surface area contributed by atoms with Crippen LogP contribution in [0, 0.1) is 5.82 Å². The lowest BCUT2D eigenvalue weighted by molar-refractivity contribution is 0.102. The molecule has 1 N–H and O–H groups in total. The molecule has 0 atom stereocenters. The van der Waals surface area contributed by atoms with E-state index in [2.05, 4.69) is 5.32 Å². The van der Waals surface area contributed by atoms with Gasteiger partial charge in [0.25, 0.3) is 5.91 Å². The zero-order valence-corrected chi connectivity index (χ0v) is 15.9. The summed E-state index contributed by atoms with van der Waals surface area (Å²) in [6.07, 6.45) is 0. The number of amides is 1. The Hall–Kier alpha value is -1.53. The molecule has 1 amide bonds. The minimum absolute atomic E-state index is 0.216. The minimum Gasteiger partial charge on any atom is -0.321 e. The van der Waals surface area contributed by atoms with Gasteiger partial charge in [0.2, 0.25) is 0 Å². The van der Waals surface area contributed by atoms with Gasteiger partial charge in [0.15, 0.2) is 0 Å². The Morgan fingerprint density at radius 3 is 2.60 bits per heavy atom. The van der Waals surface area contributed by atoms with Crippen LogP contribution in [-0.2, 0) is 5.75 Å². The van der Waals surface area contributed by atoms with Gasteiger partial charge < -0.3 is 5.32 Å². The Labute approximate surface area is 163 Å². The van der Waals surface area contributed by atoms with Crippen molar-refractivity contribution in [2.75, 3.05) is 5.32 Å². The van der Waals surface area contributed by atoms with E-state index in [0.29, 0.717) is 26.4 Å². The van der Waals surface area contributed by atoms with Gasteiger partial charge in [-0.05, 0) is 53.4 Å². The molecule has 0 unspecified atom stereocenters. The lowest BCUT2D eigenvalue weighted by atomic mass is 10.2. The first-order valence-electron chi connectivity index (χ1n) is 7.24. The summed E-state index contributed by atoms with van der Waals surface area (Å²) in [5, 5.41) is 5.84. The van der Waals surface area contributed by atoms with E-state index >= 15 is 0 Å². The first-order chi connectivity index (χ1) is 12.0. The number of hydrogen-bond acceptors (Lipinski definition) is 3. The molecule has 3 rings (SSSR count). The van der Waals surface area contributed by atoms with Crippen LogP contribution in [-0.4, -0.2) is 5.91 Å². The van der Waals surface area contributed by atoms with Gasteiger partial charge >= 0.3 is 0 Å². The zero-order valence-electron chi connectivity index (χ0n) is 12.8. The van der Waals surface area contributed by atoms with E-state index in [1.165, 1.54) is 47.4 Å². The minimum atomic E-state index is -0.342. The first-order valence-corrected chi connectivity index (χ1v) is 9.86. The highest BCUT2D eigenvalue weighted by Gasteiger charge is 2.14. The predicted molar refractivity (Wildman–Crippen MR) is 105 cm³/mol. The molecule has 1 aromatic heterocycles. The molecule has 0 saturated carbocycles. The zero-order chi connectivity index (χ0) is 17.8. The largest absolute Gasteiger partial charge is 0.321 e. The van der Waals surface area contributed by atoms with Crippen molar-refractivity contribution in [2.45, 2.75) is 10.6 Å². The Balaban J connectivity index is 1.69. The monoisotopic (exact) mass is 411 g/mol. The Bertz CT molecular complexity index is 896. The van der Waals surface area contributed by atoms with E-state index in [1.807, 2.05) is 17.5 Å². The maximum Gasteiger partial charge on any atom is 0.266 e. The highest BCUT2D eigenvalue weighted by Crippen LogP contribution is 2.33. The smallest absolute Gasteiger partial charge is 0.266 e. The molecule has 3 aromatic rings. The predicted octanol–water partition coefficient (Wildman–Crippen LogP) is 6.74. The van der Waals surface area contributed by atoms with Crippen molar-refractivity contribution in [1.82, 2.24) is 0 Å². The molecule has 0 aliphatic carbocycles. The van der Waals surface area contributed by atoms with E-state index in [-0.39, 0.29) is 11.7 Å². The molecular weight excluding hydrogens is 400 g/mol. The fourth-order valence-electron chi connectivity index (χ4n) is 2.09. The molecule has 0 bridgehead atoms. The molecule has 0 radical (unpaired) electrons. The number of halogens is 3. The van der Waals surface area contributed by atoms with Crippen LogP contribution in [0.4, 0.5) is 10.1 Å². The molecule has 2 nitrogen and oxygen atoms in total. The maximum atomic E-state index is 12.9. The highest BCUT2D eigenvalue weighted by molar-refractivity contribution is 7.98. The number of rotatable bonds is 5. The molecule has 0 fully saturated rings. The van der Waals surface area contributed by atoms with Gasteiger partial charge in [-0.3, -0.25) is 4.79 Å². The number of carbonyl (C=O) groups is 1. The van der Waals surface area contributed by atoms with Crippen molar-refractivity contribution in [3.05, 3.63) is 80.2 Å². The second-order valence-electron chi connectivity index (χ2n) is 5.10. The molecule has 0 aliphatic rings. The van der Waals surface area contributed by atoms with Gasteiger partial charge in [-0.1, -0.05) is 29.3 Å². The van der Waals surface area contributed by atoms with Crippen LogP contribution in [0.5, 0.6) is 0 Å². The number of benzene rings is 2. The van der Waals surface area contributed by atoms with Gasteiger partial charge in [0.1, 0.15) is 10.7 Å². The molecule has 2 aromatic carbocycles. The SMILES string of the molecule is O=C(Nc1ccc(F)cc1)c1sccc1SCc1ccc(Cl)cc1Cl. The van der Waals surface area contributed by atoms with Crippen LogP contribution < -0.4 is 5.32 Å². The molecule has 1 heterocycles. The highest BCUT2D eigenvalue weighted by atomic mass is 35.5. The summed E-state index contributed by atoms with van der Waals surface area (Å²) < 4.78 is 12.9. The van der Waals surface area contributed by atoms with Crippen molar-refractivity contribution in [3.63, 3.8) is 0 Å². The van der Waals surface area contributed by atoms with Crippen molar-refractivity contribution < 1.29 is 9.18 Å². The first kappa shape index (κ1) is 18.3. The fraction of sp³-hybridized carbons (Fsp3) is 0.0556. The number of carbonyl (C=O) groups excluding carboxylic acids is 1. The van der Waals surface area contributed by atoms with Crippen molar-refractivity contribution in [1.29, 1.82) is 0 Å². The van der Waals surface area contributed by atoms with Gasteiger partial charge in [-0.2, -0.15) is 0 Å². The van der Waals surface area contributed by atoms with E-state index in [0.717, 1.165) is 10.5 Å². The lowest BCUT2D eigenvalue weighted by Crippen LogP contribution is -2.11. The number of nitrogens with one attached hydrogen (secondary N) is 1. The van der Waals surface area contributed by atoms with Crippen molar-refractivity contribution in [2.24, 2.45) is 0 Å². The maximum absolute atomic E-state index is 12.9. The normalized spacial score (nSPS) is 10.7. The summed E-state index contributed by atoms with van der Waals surface area (Å²) in [5.74, 6) is 0.0698. The third-order valence-corrected chi connectivity index (χ3v) is 6.07. The van der Waals surface area contributed by atoms with E-state index in [1.54, 1.807) is 12.1 Å².